The van der Waals surface area contributed by atoms with Crippen molar-refractivity contribution >= 4 is 11.8 Å². The van der Waals surface area contributed by atoms with Gasteiger partial charge in [-0.2, -0.15) is 0 Å². The quantitative estimate of drug-likeness (QED) is 0.818. The summed E-state index contributed by atoms with van der Waals surface area (Å²) in [7, 11) is 0. The Morgan fingerprint density at radius 2 is 2.22 bits per heavy atom. The zero-order valence-corrected chi connectivity index (χ0v) is 10.6. The van der Waals surface area contributed by atoms with E-state index in [1.807, 2.05) is 6.07 Å². The highest BCUT2D eigenvalue weighted by molar-refractivity contribution is 5.71. The molecule has 1 aliphatic heterocycles. The molecule has 5 nitrogen and oxygen atoms in total. The van der Waals surface area contributed by atoms with Crippen molar-refractivity contribution in [1.82, 2.24) is 4.98 Å². The fourth-order valence-corrected chi connectivity index (χ4v) is 1.95. The lowest BCUT2D eigenvalue weighted by Crippen LogP contribution is -2.40. The average molecular weight is 249 g/mol. The lowest BCUT2D eigenvalue weighted by atomic mass is 10.1. The van der Waals surface area contributed by atoms with Gasteiger partial charge in [0, 0.05) is 25.6 Å². The second-order valence-electron chi connectivity index (χ2n) is 4.50. The summed E-state index contributed by atoms with van der Waals surface area (Å²) in [6.45, 7) is 3.63. The van der Waals surface area contributed by atoms with E-state index in [-0.39, 0.29) is 5.97 Å². The lowest BCUT2D eigenvalue weighted by Gasteiger charge is -2.31. The predicted molar refractivity (Wildman–Crippen MR) is 69.6 cm³/mol. The Morgan fingerprint density at radius 1 is 1.50 bits per heavy atom. The third kappa shape index (κ3) is 3.20. The van der Waals surface area contributed by atoms with Crippen LogP contribution in [0.1, 0.15) is 26.2 Å². The van der Waals surface area contributed by atoms with Gasteiger partial charge >= 0.3 is 5.97 Å². The summed E-state index contributed by atoms with van der Waals surface area (Å²) in [5, 5.41) is 0. The number of pyridine rings is 1. The fraction of sp³-hybridized carbons (Fsp3) is 0.538. The van der Waals surface area contributed by atoms with Gasteiger partial charge in [0.05, 0.1) is 6.20 Å². The maximum Gasteiger partial charge on any atom is 0.310 e. The van der Waals surface area contributed by atoms with Gasteiger partial charge in [0.2, 0.25) is 0 Å². The normalized spacial score (nSPS) is 16.7. The first-order chi connectivity index (χ1) is 8.69. The Hall–Kier alpha value is -1.62. The van der Waals surface area contributed by atoms with Crippen LogP contribution in [0.5, 0.6) is 5.75 Å². The molecule has 1 aromatic heterocycles. The zero-order valence-electron chi connectivity index (χ0n) is 10.6. The molecule has 0 saturated carbocycles. The smallest absolute Gasteiger partial charge is 0.310 e. The van der Waals surface area contributed by atoms with Crippen LogP contribution in [0.25, 0.3) is 0 Å². The molecule has 2 rings (SSSR count). The Balaban J connectivity index is 1.97. The molecule has 1 aromatic rings. The molecule has 0 radical (unpaired) electrons. The standard InChI is InChI=1S/C13H19N3O2/c1-2-13(17)18-11-3-4-12(15-9-11)16-7-5-10(14)6-8-16/h3-4,9-10H,2,5-8,14H2,1H3. The number of aromatic nitrogens is 1. The summed E-state index contributed by atoms with van der Waals surface area (Å²) < 4.78 is 5.08. The fourth-order valence-electron chi connectivity index (χ4n) is 1.95. The van der Waals surface area contributed by atoms with E-state index in [4.69, 9.17) is 10.5 Å². The first-order valence-corrected chi connectivity index (χ1v) is 6.36. The molecule has 0 aromatic carbocycles. The van der Waals surface area contributed by atoms with E-state index in [1.54, 1.807) is 19.2 Å². The molecule has 0 unspecified atom stereocenters. The van der Waals surface area contributed by atoms with Crippen LogP contribution in [0.2, 0.25) is 0 Å². The molecule has 0 atom stereocenters. The topological polar surface area (TPSA) is 68.5 Å². The van der Waals surface area contributed by atoms with Gasteiger partial charge in [-0.1, -0.05) is 6.92 Å². The highest BCUT2D eigenvalue weighted by atomic mass is 16.5. The maximum atomic E-state index is 11.1. The molecule has 0 bridgehead atoms. The molecule has 0 spiro atoms. The number of rotatable bonds is 3. The average Bonchev–Trinajstić information content (AvgIpc) is 2.40. The van der Waals surface area contributed by atoms with Crippen LogP contribution < -0.4 is 15.4 Å². The molecule has 1 saturated heterocycles. The Bertz CT molecular complexity index is 397. The van der Waals surface area contributed by atoms with Gasteiger partial charge in [-0.05, 0) is 25.0 Å². The van der Waals surface area contributed by atoms with E-state index in [2.05, 4.69) is 9.88 Å². The largest absolute Gasteiger partial charge is 0.425 e. The summed E-state index contributed by atoms with van der Waals surface area (Å²) in [6, 6.07) is 3.98. The third-order valence-electron chi connectivity index (χ3n) is 3.10. The van der Waals surface area contributed by atoms with E-state index < -0.39 is 0 Å². The van der Waals surface area contributed by atoms with Crippen LogP contribution in [-0.2, 0) is 4.79 Å². The molecule has 98 valence electrons. The number of esters is 1. The summed E-state index contributed by atoms with van der Waals surface area (Å²) in [5.74, 6) is 1.17. The highest BCUT2D eigenvalue weighted by Gasteiger charge is 2.17. The van der Waals surface area contributed by atoms with Gasteiger partial charge in [0.25, 0.3) is 0 Å². The zero-order chi connectivity index (χ0) is 13.0. The number of anilines is 1. The van der Waals surface area contributed by atoms with Gasteiger partial charge in [-0.15, -0.1) is 0 Å². The number of nitrogens with zero attached hydrogens (tertiary/aromatic N) is 2. The molecule has 1 aliphatic rings. The number of piperidine rings is 1. The second kappa shape index (κ2) is 5.82. The van der Waals surface area contributed by atoms with Gasteiger partial charge < -0.3 is 15.4 Å². The monoisotopic (exact) mass is 249 g/mol. The van der Waals surface area contributed by atoms with Gasteiger partial charge in [-0.3, -0.25) is 4.79 Å². The van der Waals surface area contributed by atoms with E-state index >= 15 is 0 Å². The predicted octanol–water partition coefficient (Wildman–Crippen LogP) is 1.32. The van der Waals surface area contributed by atoms with Crippen LogP contribution in [0.3, 0.4) is 0 Å². The molecular weight excluding hydrogens is 230 g/mol. The van der Waals surface area contributed by atoms with Gasteiger partial charge in [-0.25, -0.2) is 4.98 Å². The van der Waals surface area contributed by atoms with Crippen molar-refractivity contribution < 1.29 is 9.53 Å². The first-order valence-electron chi connectivity index (χ1n) is 6.36. The van der Waals surface area contributed by atoms with Crippen molar-refractivity contribution in [2.45, 2.75) is 32.2 Å². The molecular formula is C13H19N3O2. The molecule has 2 heterocycles. The minimum absolute atomic E-state index is 0.242. The first kappa shape index (κ1) is 12.8. The summed E-state index contributed by atoms with van der Waals surface area (Å²) >= 11 is 0. The van der Waals surface area contributed by atoms with Crippen molar-refractivity contribution in [3.8, 4) is 5.75 Å². The van der Waals surface area contributed by atoms with Crippen LogP contribution in [0.4, 0.5) is 5.82 Å². The van der Waals surface area contributed by atoms with Crippen LogP contribution in [0.15, 0.2) is 18.3 Å². The summed E-state index contributed by atoms with van der Waals surface area (Å²) in [5.41, 5.74) is 5.86. The van der Waals surface area contributed by atoms with E-state index in [0.29, 0.717) is 18.2 Å². The molecule has 5 heteroatoms. The lowest BCUT2D eigenvalue weighted by molar-refractivity contribution is -0.134. The third-order valence-corrected chi connectivity index (χ3v) is 3.10. The van der Waals surface area contributed by atoms with Crippen LogP contribution >= 0.6 is 0 Å². The minimum Gasteiger partial charge on any atom is -0.425 e. The van der Waals surface area contributed by atoms with Crippen molar-refractivity contribution in [3.63, 3.8) is 0 Å². The van der Waals surface area contributed by atoms with E-state index in [0.717, 1.165) is 31.7 Å². The van der Waals surface area contributed by atoms with Crippen molar-refractivity contribution in [3.05, 3.63) is 18.3 Å². The van der Waals surface area contributed by atoms with Crippen molar-refractivity contribution in [2.24, 2.45) is 5.73 Å². The molecule has 0 aliphatic carbocycles. The summed E-state index contributed by atoms with van der Waals surface area (Å²) in [4.78, 5) is 17.7. The van der Waals surface area contributed by atoms with Crippen molar-refractivity contribution in [2.75, 3.05) is 18.0 Å². The van der Waals surface area contributed by atoms with E-state index in [9.17, 15) is 4.79 Å². The molecule has 1 fully saturated rings. The molecule has 0 amide bonds. The SMILES string of the molecule is CCC(=O)Oc1ccc(N2CCC(N)CC2)nc1. The number of hydrogen-bond acceptors (Lipinski definition) is 5. The number of carbonyl (C=O) groups excluding carboxylic acids is 1. The Kier molecular flexibility index (Phi) is 4.15. The Labute approximate surface area is 107 Å². The highest BCUT2D eigenvalue weighted by Crippen LogP contribution is 2.19. The number of carbonyl (C=O) groups is 1. The second-order valence-corrected chi connectivity index (χ2v) is 4.50. The summed E-state index contributed by atoms with van der Waals surface area (Å²) in [6.07, 6.45) is 3.95. The minimum atomic E-state index is -0.242. The van der Waals surface area contributed by atoms with Crippen molar-refractivity contribution in [1.29, 1.82) is 0 Å². The maximum absolute atomic E-state index is 11.1. The van der Waals surface area contributed by atoms with E-state index in [1.165, 1.54) is 0 Å². The molecule has 18 heavy (non-hydrogen) atoms. The number of hydrogen-bond donors (Lipinski definition) is 1. The number of ether oxygens (including phenoxy) is 1. The number of nitrogens with two attached hydrogens (primary N) is 1. The molecule has 2 N–H and O–H groups in total. The van der Waals surface area contributed by atoms with Gasteiger partial charge in [0.15, 0.2) is 0 Å². The Morgan fingerprint density at radius 3 is 2.78 bits per heavy atom. The van der Waals surface area contributed by atoms with Crippen LogP contribution in [-0.4, -0.2) is 30.1 Å². The van der Waals surface area contributed by atoms with Gasteiger partial charge in [0.1, 0.15) is 11.6 Å². The van der Waals surface area contributed by atoms with Crippen LogP contribution in [0, 0.1) is 0 Å².